The standard InChI is InChI=1S/C19H26F3N3O2.2ClH/c1-27-18(26)14-23-7-3-6-17(13-23)25-10-8-24(9-11-25)16-5-2-4-15(12-16)19(20,21)22;;/h2,4-5,12,17H,3,6-11,13-14H2,1H3;2*1H. The van der Waals surface area contributed by atoms with Gasteiger partial charge in [-0.25, -0.2) is 0 Å². The van der Waals surface area contributed by atoms with Gasteiger partial charge in [-0.1, -0.05) is 6.07 Å². The zero-order chi connectivity index (χ0) is 19.4. The smallest absolute Gasteiger partial charge is 0.416 e. The van der Waals surface area contributed by atoms with Crippen molar-refractivity contribution >= 4 is 36.5 Å². The van der Waals surface area contributed by atoms with Crippen molar-refractivity contribution in [1.82, 2.24) is 9.80 Å². The van der Waals surface area contributed by atoms with E-state index >= 15 is 0 Å². The van der Waals surface area contributed by atoms with Gasteiger partial charge >= 0.3 is 12.1 Å². The van der Waals surface area contributed by atoms with Crippen molar-refractivity contribution in [3.63, 3.8) is 0 Å². The molecule has 1 aromatic rings. The minimum atomic E-state index is -4.32. The molecule has 0 N–H and O–H groups in total. The highest BCUT2D eigenvalue weighted by Crippen LogP contribution is 2.32. The molecule has 2 heterocycles. The molecule has 29 heavy (non-hydrogen) atoms. The van der Waals surface area contributed by atoms with Crippen molar-refractivity contribution in [1.29, 1.82) is 0 Å². The topological polar surface area (TPSA) is 36.0 Å². The van der Waals surface area contributed by atoms with Crippen LogP contribution in [-0.4, -0.2) is 74.7 Å². The normalized spacial score (nSPS) is 21.1. The second-order valence-corrected chi connectivity index (χ2v) is 7.18. The number of hydrogen-bond donors (Lipinski definition) is 0. The van der Waals surface area contributed by atoms with Crippen LogP contribution in [0.5, 0.6) is 0 Å². The lowest BCUT2D eigenvalue weighted by molar-refractivity contribution is -0.142. The monoisotopic (exact) mass is 457 g/mol. The van der Waals surface area contributed by atoms with E-state index in [-0.39, 0.29) is 30.8 Å². The molecule has 0 aliphatic carbocycles. The summed E-state index contributed by atoms with van der Waals surface area (Å²) in [6, 6.07) is 5.93. The SMILES string of the molecule is COC(=O)CN1CCCC(N2CCN(c3cccc(C(F)(F)F)c3)CC2)C1.Cl.Cl. The van der Waals surface area contributed by atoms with Crippen LogP contribution in [0.4, 0.5) is 18.9 Å². The van der Waals surface area contributed by atoms with E-state index in [0.29, 0.717) is 31.4 Å². The number of esters is 1. The van der Waals surface area contributed by atoms with Crippen LogP contribution in [0.25, 0.3) is 0 Å². The summed E-state index contributed by atoms with van der Waals surface area (Å²) < 4.78 is 43.5. The Hall–Kier alpha value is -1.22. The summed E-state index contributed by atoms with van der Waals surface area (Å²) in [6.07, 6.45) is -2.19. The third-order valence-corrected chi connectivity index (χ3v) is 5.43. The fraction of sp³-hybridized carbons (Fsp3) is 0.632. The number of piperazine rings is 1. The summed E-state index contributed by atoms with van der Waals surface area (Å²) in [7, 11) is 1.40. The molecule has 0 aromatic heterocycles. The zero-order valence-corrected chi connectivity index (χ0v) is 18.0. The number of carbonyl (C=O) groups excluding carboxylic acids is 1. The van der Waals surface area contributed by atoms with E-state index in [1.165, 1.54) is 19.2 Å². The summed E-state index contributed by atoms with van der Waals surface area (Å²) in [4.78, 5) is 18.0. The largest absolute Gasteiger partial charge is 0.468 e. The van der Waals surface area contributed by atoms with E-state index in [1.54, 1.807) is 6.07 Å². The van der Waals surface area contributed by atoms with E-state index < -0.39 is 11.7 Å². The van der Waals surface area contributed by atoms with E-state index in [0.717, 1.165) is 45.1 Å². The number of nitrogens with zero attached hydrogens (tertiary/aromatic N) is 3. The number of alkyl halides is 3. The summed E-state index contributed by atoms with van der Waals surface area (Å²) in [6.45, 7) is 5.08. The van der Waals surface area contributed by atoms with Crippen LogP contribution >= 0.6 is 24.8 Å². The molecule has 0 amide bonds. The summed E-state index contributed by atoms with van der Waals surface area (Å²) in [5.41, 5.74) is 0.0219. The van der Waals surface area contributed by atoms with Gasteiger partial charge in [0.1, 0.15) is 0 Å². The Morgan fingerprint density at radius 1 is 1.14 bits per heavy atom. The number of anilines is 1. The van der Waals surface area contributed by atoms with Crippen molar-refractivity contribution in [3.8, 4) is 0 Å². The van der Waals surface area contributed by atoms with E-state index in [1.807, 2.05) is 4.90 Å². The Morgan fingerprint density at radius 3 is 2.45 bits per heavy atom. The molecule has 0 saturated carbocycles. The third-order valence-electron chi connectivity index (χ3n) is 5.43. The van der Waals surface area contributed by atoms with Crippen molar-refractivity contribution in [2.24, 2.45) is 0 Å². The van der Waals surface area contributed by atoms with E-state index in [2.05, 4.69) is 9.80 Å². The highest BCUT2D eigenvalue weighted by molar-refractivity contribution is 5.85. The molecule has 1 unspecified atom stereocenters. The van der Waals surface area contributed by atoms with Crippen LogP contribution in [-0.2, 0) is 15.7 Å². The molecule has 166 valence electrons. The first-order chi connectivity index (χ1) is 12.9. The van der Waals surface area contributed by atoms with Crippen LogP contribution in [0.2, 0.25) is 0 Å². The number of halogens is 5. The molecule has 1 atom stereocenters. The lowest BCUT2D eigenvalue weighted by Gasteiger charge is -2.43. The fourth-order valence-corrected chi connectivity index (χ4v) is 3.94. The number of carbonyl (C=O) groups is 1. The summed E-state index contributed by atoms with van der Waals surface area (Å²) in [5, 5.41) is 0. The zero-order valence-electron chi connectivity index (χ0n) is 16.4. The summed E-state index contributed by atoms with van der Waals surface area (Å²) >= 11 is 0. The maximum absolute atomic E-state index is 12.9. The predicted octanol–water partition coefficient (Wildman–Crippen LogP) is 3.31. The molecule has 2 aliphatic rings. The molecule has 5 nitrogen and oxygen atoms in total. The van der Waals surface area contributed by atoms with Crippen LogP contribution in [0.3, 0.4) is 0 Å². The van der Waals surface area contributed by atoms with Crippen LogP contribution in [0.1, 0.15) is 18.4 Å². The Kier molecular flexibility index (Phi) is 10.0. The first-order valence-electron chi connectivity index (χ1n) is 9.32. The molecule has 3 rings (SSSR count). The number of ether oxygens (including phenoxy) is 1. The molecule has 10 heteroatoms. The fourth-order valence-electron chi connectivity index (χ4n) is 3.94. The molecule has 2 aliphatic heterocycles. The second-order valence-electron chi connectivity index (χ2n) is 7.18. The highest BCUT2D eigenvalue weighted by atomic mass is 35.5. The third kappa shape index (κ3) is 6.91. The molecular formula is C19H28Cl2F3N3O2. The average Bonchev–Trinajstić information content (AvgIpc) is 2.68. The number of likely N-dealkylation sites (tertiary alicyclic amines) is 1. The number of methoxy groups -OCH3 is 1. The Balaban J connectivity index is 0.00000210. The van der Waals surface area contributed by atoms with Gasteiger partial charge in [-0.3, -0.25) is 14.6 Å². The molecular weight excluding hydrogens is 430 g/mol. The van der Waals surface area contributed by atoms with Crippen molar-refractivity contribution < 1.29 is 22.7 Å². The van der Waals surface area contributed by atoms with Crippen molar-refractivity contribution in [2.75, 3.05) is 57.8 Å². The van der Waals surface area contributed by atoms with Crippen LogP contribution in [0, 0.1) is 0 Å². The molecule has 2 saturated heterocycles. The van der Waals surface area contributed by atoms with Gasteiger partial charge in [0.25, 0.3) is 0 Å². The second kappa shape index (κ2) is 11.2. The van der Waals surface area contributed by atoms with E-state index in [9.17, 15) is 18.0 Å². The van der Waals surface area contributed by atoms with Crippen LogP contribution in [0.15, 0.2) is 24.3 Å². The Morgan fingerprint density at radius 2 is 1.83 bits per heavy atom. The number of hydrogen-bond acceptors (Lipinski definition) is 5. The van der Waals surface area contributed by atoms with Gasteiger partial charge in [-0.15, -0.1) is 24.8 Å². The van der Waals surface area contributed by atoms with Gasteiger partial charge in [0.05, 0.1) is 19.2 Å². The van der Waals surface area contributed by atoms with Gasteiger partial charge in [0, 0.05) is 44.5 Å². The number of piperidine rings is 1. The molecule has 1 aromatic carbocycles. The Labute approximate surface area is 182 Å². The summed E-state index contributed by atoms with van der Waals surface area (Å²) in [5.74, 6) is -0.218. The first kappa shape index (κ1) is 25.8. The molecule has 0 spiro atoms. The van der Waals surface area contributed by atoms with Crippen molar-refractivity contribution in [2.45, 2.75) is 25.1 Å². The average molecular weight is 458 g/mol. The molecule has 0 bridgehead atoms. The quantitative estimate of drug-likeness (QED) is 0.648. The van der Waals surface area contributed by atoms with Gasteiger partial charge < -0.3 is 9.64 Å². The number of benzene rings is 1. The van der Waals surface area contributed by atoms with Crippen LogP contribution < -0.4 is 4.90 Å². The van der Waals surface area contributed by atoms with Gasteiger partial charge in [-0.2, -0.15) is 13.2 Å². The highest BCUT2D eigenvalue weighted by Gasteiger charge is 2.32. The maximum atomic E-state index is 12.9. The van der Waals surface area contributed by atoms with Crippen molar-refractivity contribution in [3.05, 3.63) is 29.8 Å². The van der Waals surface area contributed by atoms with E-state index in [4.69, 9.17) is 4.74 Å². The lowest BCUT2D eigenvalue weighted by atomic mass is 10.0. The molecule has 0 radical (unpaired) electrons. The maximum Gasteiger partial charge on any atom is 0.416 e. The van der Waals surface area contributed by atoms with Gasteiger partial charge in [-0.05, 0) is 37.6 Å². The molecule has 2 fully saturated rings. The minimum Gasteiger partial charge on any atom is -0.468 e. The Bertz CT molecular complexity index is 656. The number of rotatable bonds is 4. The lowest BCUT2D eigenvalue weighted by Crippen LogP contribution is -2.55. The predicted molar refractivity (Wildman–Crippen MR) is 111 cm³/mol. The van der Waals surface area contributed by atoms with Gasteiger partial charge in [0.15, 0.2) is 0 Å². The van der Waals surface area contributed by atoms with Gasteiger partial charge in [0.2, 0.25) is 0 Å². The minimum absolute atomic E-state index is 0. The first-order valence-corrected chi connectivity index (χ1v) is 9.32.